The molecule has 0 bridgehead atoms. The third-order valence-corrected chi connectivity index (χ3v) is 4.56. The van der Waals surface area contributed by atoms with Crippen LogP contribution in [0.5, 0.6) is 0 Å². The fraction of sp³-hybridized carbons (Fsp3) is 0.471. The number of aryl methyl sites for hydroxylation is 1. The van der Waals surface area contributed by atoms with Crippen LogP contribution in [0.1, 0.15) is 31.2 Å². The van der Waals surface area contributed by atoms with Crippen molar-refractivity contribution in [1.82, 2.24) is 9.88 Å². The first kappa shape index (κ1) is 16.3. The first-order valence-corrected chi connectivity index (χ1v) is 8.24. The molecule has 6 heteroatoms. The number of benzene rings is 1. The zero-order valence-electron chi connectivity index (χ0n) is 13.1. The Balaban J connectivity index is 1.80. The van der Waals surface area contributed by atoms with Crippen LogP contribution in [0.4, 0.5) is 4.39 Å². The van der Waals surface area contributed by atoms with Crippen molar-refractivity contribution in [2.45, 2.75) is 44.8 Å². The Kier molecular flexibility index (Phi) is 4.87. The van der Waals surface area contributed by atoms with Gasteiger partial charge in [0.25, 0.3) is 0 Å². The minimum atomic E-state index is -0.348. The number of nitrogens with zero attached hydrogens (tertiary/aromatic N) is 1. The lowest BCUT2D eigenvalue weighted by molar-refractivity contribution is -0.140. The van der Waals surface area contributed by atoms with E-state index in [2.05, 4.69) is 10.1 Å². The Morgan fingerprint density at radius 2 is 2.30 bits per heavy atom. The highest BCUT2D eigenvalue weighted by molar-refractivity contribution is 6.35. The van der Waals surface area contributed by atoms with E-state index in [-0.39, 0.29) is 16.8 Å². The topological polar surface area (TPSA) is 43.3 Å². The van der Waals surface area contributed by atoms with Crippen molar-refractivity contribution < 1.29 is 13.9 Å². The molecule has 1 aromatic carbocycles. The van der Waals surface area contributed by atoms with Crippen molar-refractivity contribution in [3.05, 3.63) is 34.7 Å². The summed E-state index contributed by atoms with van der Waals surface area (Å²) in [7, 11) is 1.38. The Labute approximate surface area is 139 Å². The minimum absolute atomic E-state index is 0.168. The van der Waals surface area contributed by atoms with Gasteiger partial charge in [-0.3, -0.25) is 4.79 Å². The van der Waals surface area contributed by atoms with E-state index in [1.165, 1.54) is 7.11 Å². The van der Waals surface area contributed by atoms with Gasteiger partial charge in [0.15, 0.2) is 0 Å². The van der Waals surface area contributed by atoms with Gasteiger partial charge in [0, 0.05) is 42.7 Å². The SMILES string of the molecule is COC(=O)CCCn1ccc2c(Cl)c(F)c(CNC3CC3)cc21. The Bertz CT molecular complexity index is 725. The minimum Gasteiger partial charge on any atom is -0.469 e. The van der Waals surface area contributed by atoms with Crippen LogP contribution < -0.4 is 5.32 Å². The predicted molar refractivity (Wildman–Crippen MR) is 88.0 cm³/mol. The quantitative estimate of drug-likeness (QED) is 0.784. The monoisotopic (exact) mass is 338 g/mol. The standard InChI is InChI=1S/C17H20ClFN2O2/c1-23-15(22)3-2-7-21-8-6-13-14(21)9-11(17(19)16(13)18)10-20-12-4-5-12/h6,8-9,12,20H,2-5,7,10H2,1H3. The van der Waals surface area contributed by atoms with Crippen molar-refractivity contribution in [2.24, 2.45) is 0 Å². The van der Waals surface area contributed by atoms with Gasteiger partial charge in [0.1, 0.15) is 5.82 Å². The molecule has 1 N–H and O–H groups in total. The van der Waals surface area contributed by atoms with Crippen LogP contribution in [0.15, 0.2) is 18.3 Å². The predicted octanol–water partition coefficient (Wildman–Crippen LogP) is 3.64. The zero-order valence-corrected chi connectivity index (χ0v) is 13.8. The van der Waals surface area contributed by atoms with Crippen LogP contribution in [-0.2, 0) is 22.6 Å². The fourth-order valence-electron chi connectivity index (χ4n) is 2.68. The molecular weight excluding hydrogens is 319 g/mol. The molecule has 1 aliphatic rings. The number of halogens is 2. The van der Waals surface area contributed by atoms with Crippen molar-refractivity contribution in [1.29, 1.82) is 0 Å². The number of aromatic nitrogens is 1. The lowest BCUT2D eigenvalue weighted by atomic mass is 10.1. The molecule has 1 saturated carbocycles. The van der Waals surface area contributed by atoms with Gasteiger partial charge in [0.05, 0.1) is 17.6 Å². The van der Waals surface area contributed by atoms with Gasteiger partial charge < -0.3 is 14.6 Å². The summed E-state index contributed by atoms with van der Waals surface area (Å²) in [6, 6.07) is 4.18. The highest BCUT2D eigenvalue weighted by atomic mass is 35.5. The number of hydrogen-bond acceptors (Lipinski definition) is 3. The maximum absolute atomic E-state index is 14.4. The third-order valence-electron chi connectivity index (χ3n) is 4.19. The second kappa shape index (κ2) is 6.89. The first-order valence-electron chi connectivity index (χ1n) is 7.86. The number of hydrogen-bond donors (Lipinski definition) is 1. The molecule has 3 rings (SSSR count). The van der Waals surface area contributed by atoms with Gasteiger partial charge >= 0.3 is 5.97 Å². The van der Waals surface area contributed by atoms with E-state index in [0.717, 1.165) is 18.4 Å². The first-order chi connectivity index (χ1) is 11.1. The van der Waals surface area contributed by atoms with Gasteiger partial charge in [-0.2, -0.15) is 0 Å². The van der Waals surface area contributed by atoms with Crippen LogP contribution in [0.3, 0.4) is 0 Å². The molecule has 23 heavy (non-hydrogen) atoms. The van der Waals surface area contributed by atoms with Crippen LogP contribution in [-0.4, -0.2) is 23.7 Å². The Hall–Kier alpha value is -1.59. The lowest BCUT2D eigenvalue weighted by Gasteiger charge is -2.10. The van der Waals surface area contributed by atoms with E-state index in [4.69, 9.17) is 11.6 Å². The zero-order chi connectivity index (χ0) is 16.4. The number of methoxy groups -OCH3 is 1. The molecule has 1 aliphatic carbocycles. The number of nitrogens with one attached hydrogen (secondary N) is 1. The average molecular weight is 339 g/mol. The number of rotatable bonds is 7. The number of carbonyl (C=O) groups excluding carboxylic acids is 1. The molecule has 1 heterocycles. The molecule has 4 nitrogen and oxygen atoms in total. The van der Waals surface area contributed by atoms with Crippen LogP contribution in [0, 0.1) is 5.82 Å². The van der Waals surface area contributed by atoms with Crippen LogP contribution in [0.2, 0.25) is 5.02 Å². The molecule has 0 saturated heterocycles. The summed E-state index contributed by atoms with van der Waals surface area (Å²) in [6.45, 7) is 1.15. The number of ether oxygens (including phenoxy) is 1. The van der Waals surface area contributed by atoms with Gasteiger partial charge in [-0.15, -0.1) is 0 Å². The highest BCUT2D eigenvalue weighted by Crippen LogP contribution is 2.31. The molecule has 0 radical (unpaired) electrons. The maximum Gasteiger partial charge on any atom is 0.305 e. The third kappa shape index (κ3) is 3.67. The lowest BCUT2D eigenvalue weighted by Crippen LogP contribution is -2.16. The molecule has 124 valence electrons. The highest BCUT2D eigenvalue weighted by Gasteiger charge is 2.22. The summed E-state index contributed by atoms with van der Waals surface area (Å²) in [5.41, 5.74) is 1.48. The van der Waals surface area contributed by atoms with Crippen LogP contribution in [0.25, 0.3) is 10.9 Å². The largest absolute Gasteiger partial charge is 0.469 e. The molecule has 0 atom stereocenters. The molecule has 0 spiro atoms. The summed E-state index contributed by atoms with van der Waals surface area (Å²) < 4.78 is 21.0. The molecule has 2 aromatic rings. The molecule has 0 aliphatic heterocycles. The Morgan fingerprint density at radius 3 is 3.00 bits per heavy atom. The second-order valence-corrected chi connectivity index (χ2v) is 6.32. The van der Waals surface area contributed by atoms with E-state index in [9.17, 15) is 9.18 Å². The smallest absolute Gasteiger partial charge is 0.305 e. The van der Waals surface area contributed by atoms with Crippen molar-refractivity contribution >= 4 is 28.5 Å². The number of carbonyl (C=O) groups is 1. The van der Waals surface area contributed by atoms with E-state index < -0.39 is 0 Å². The van der Waals surface area contributed by atoms with Crippen LogP contribution >= 0.6 is 11.6 Å². The van der Waals surface area contributed by atoms with Crippen molar-refractivity contribution in [3.8, 4) is 0 Å². The van der Waals surface area contributed by atoms with Gasteiger partial charge in [-0.25, -0.2) is 4.39 Å². The van der Waals surface area contributed by atoms with Gasteiger partial charge in [-0.05, 0) is 31.4 Å². The number of esters is 1. The molecule has 1 aromatic heterocycles. The van der Waals surface area contributed by atoms with E-state index in [1.807, 2.05) is 22.9 Å². The average Bonchev–Trinajstić information content (AvgIpc) is 3.29. The van der Waals surface area contributed by atoms with Crippen molar-refractivity contribution in [3.63, 3.8) is 0 Å². The summed E-state index contributed by atoms with van der Waals surface area (Å²) in [5, 5.41) is 4.19. The number of fused-ring (bicyclic) bond motifs is 1. The van der Waals surface area contributed by atoms with Gasteiger partial charge in [0.2, 0.25) is 0 Å². The van der Waals surface area contributed by atoms with E-state index in [0.29, 0.717) is 42.9 Å². The molecule has 0 amide bonds. The fourth-order valence-corrected chi connectivity index (χ4v) is 2.96. The van der Waals surface area contributed by atoms with Crippen molar-refractivity contribution in [2.75, 3.05) is 7.11 Å². The summed E-state index contributed by atoms with van der Waals surface area (Å²) in [4.78, 5) is 11.2. The summed E-state index contributed by atoms with van der Waals surface area (Å²) in [5.74, 6) is -0.570. The van der Waals surface area contributed by atoms with Gasteiger partial charge in [-0.1, -0.05) is 11.6 Å². The molecule has 1 fully saturated rings. The summed E-state index contributed by atoms with van der Waals surface area (Å²) in [6.07, 6.45) is 5.22. The van der Waals surface area contributed by atoms with E-state index in [1.54, 1.807) is 0 Å². The van der Waals surface area contributed by atoms with E-state index >= 15 is 0 Å². The molecule has 0 unspecified atom stereocenters. The second-order valence-electron chi connectivity index (χ2n) is 5.94. The molecular formula is C17H20ClFN2O2. The normalized spacial score (nSPS) is 14.4. The Morgan fingerprint density at radius 1 is 1.52 bits per heavy atom. The maximum atomic E-state index is 14.4. The summed E-state index contributed by atoms with van der Waals surface area (Å²) >= 11 is 6.19.